The van der Waals surface area contributed by atoms with Gasteiger partial charge in [-0.3, -0.25) is 9.80 Å². The highest BCUT2D eigenvalue weighted by Crippen LogP contribution is 2.45. The van der Waals surface area contributed by atoms with E-state index in [4.69, 9.17) is 0 Å². The van der Waals surface area contributed by atoms with Crippen molar-refractivity contribution in [2.75, 3.05) is 39.8 Å². The summed E-state index contributed by atoms with van der Waals surface area (Å²) in [4.78, 5) is 8.09. The summed E-state index contributed by atoms with van der Waals surface area (Å²) in [5.41, 5.74) is 1.52. The highest BCUT2D eigenvalue weighted by atomic mass is 15.3. The first kappa shape index (κ1) is 16.6. The molecule has 0 saturated carbocycles. The third-order valence-corrected chi connectivity index (χ3v) is 6.81. The first-order valence-corrected chi connectivity index (χ1v) is 9.86. The molecule has 0 unspecified atom stereocenters. The van der Waals surface area contributed by atoms with Crippen LogP contribution in [0.4, 0.5) is 0 Å². The van der Waals surface area contributed by atoms with Crippen molar-refractivity contribution in [2.45, 2.75) is 44.8 Å². The third-order valence-electron chi connectivity index (χ3n) is 6.81. The predicted molar refractivity (Wildman–Crippen MR) is 100 cm³/mol. The number of rotatable bonds is 3. The van der Waals surface area contributed by atoms with Crippen molar-refractivity contribution >= 4 is 0 Å². The van der Waals surface area contributed by atoms with Crippen molar-refractivity contribution in [3.8, 4) is 0 Å². The lowest BCUT2D eigenvalue weighted by Gasteiger charge is -2.39. The number of fused-ring (bicyclic) bond motifs is 1. The summed E-state index contributed by atoms with van der Waals surface area (Å²) in [6.07, 6.45) is 2.73. The molecule has 0 amide bonds. The van der Waals surface area contributed by atoms with Crippen LogP contribution in [0.2, 0.25) is 0 Å². The van der Waals surface area contributed by atoms with Crippen LogP contribution in [-0.4, -0.2) is 66.6 Å². The lowest BCUT2D eigenvalue weighted by molar-refractivity contribution is 0.0961. The molecule has 3 heteroatoms. The molecule has 3 aliphatic rings. The fourth-order valence-electron chi connectivity index (χ4n) is 5.51. The minimum absolute atomic E-state index is 0.622. The van der Waals surface area contributed by atoms with E-state index >= 15 is 0 Å². The summed E-state index contributed by atoms with van der Waals surface area (Å²) < 4.78 is 0. The minimum Gasteiger partial charge on any atom is -0.301 e. The Hall–Kier alpha value is -0.900. The Balaban J connectivity index is 1.41. The topological polar surface area (TPSA) is 9.72 Å². The van der Waals surface area contributed by atoms with Crippen molar-refractivity contribution < 1.29 is 0 Å². The normalized spacial score (nSPS) is 33.4. The molecule has 0 bridgehead atoms. The second-order valence-electron chi connectivity index (χ2n) is 8.53. The Morgan fingerprint density at radius 2 is 1.67 bits per heavy atom. The smallest absolute Gasteiger partial charge is 0.0389 e. The Morgan fingerprint density at radius 1 is 0.958 bits per heavy atom. The van der Waals surface area contributed by atoms with Gasteiger partial charge in [-0.1, -0.05) is 30.3 Å². The number of hydrogen-bond acceptors (Lipinski definition) is 3. The maximum atomic E-state index is 2.84. The quantitative estimate of drug-likeness (QED) is 0.845. The van der Waals surface area contributed by atoms with Gasteiger partial charge < -0.3 is 4.90 Å². The van der Waals surface area contributed by atoms with Crippen LogP contribution in [0.15, 0.2) is 30.3 Å². The molecule has 1 aromatic rings. The number of hydrogen-bond donors (Lipinski definition) is 0. The fourth-order valence-corrected chi connectivity index (χ4v) is 5.51. The van der Waals surface area contributed by atoms with Gasteiger partial charge in [-0.05, 0) is 64.2 Å². The van der Waals surface area contributed by atoms with Gasteiger partial charge in [0, 0.05) is 37.8 Å². The minimum atomic E-state index is 0.622. The van der Waals surface area contributed by atoms with E-state index in [0.29, 0.717) is 12.1 Å². The molecule has 0 radical (unpaired) electrons. The lowest BCUT2D eigenvalue weighted by Crippen LogP contribution is -2.46. The zero-order chi connectivity index (χ0) is 16.7. The van der Waals surface area contributed by atoms with Crippen molar-refractivity contribution in [2.24, 2.45) is 11.8 Å². The van der Waals surface area contributed by atoms with E-state index < -0.39 is 0 Å². The van der Waals surface area contributed by atoms with Crippen molar-refractivity contribution in [3.05, 3.63) is 35.9 Å². The Bertz CT molecular complexity index is 535. The lowest BCUT2D eigenvalue weighted by atomic mass is 9.90. The molecule has 3 atom stereocenters. The highest BCUT2D eigenvalue weighted by molar-refractivity contribution is 5.22. The summed E-state index contributed by atoms with van der Waals surface area (Å²) in [7, 11) is 2.32. The predicted octanol–water partition coefficient (Wildman–Crippen LogP) is 3.09. The van der Waals surface area contributed by atoms with Gasteiger partial charge in [-0.25, -0.2) is 0 Å². The van der Waals surface area contributed by atoms with Crippen LogP contribution in [0, 0.1) is 11.8 Å². The van der Waals surface area contributed by atoms with Gasteiger partial charge in [-0.2, -0.15) is 0 Å². The van der Waals surface area contributed by atoms with Crippen LogP contribution < -0.4 is 0 Å². The molecule has 3 aliphatic heterocycles. The second kappa shape index (κ2) is 6.78. The van der Waals surface area contributed by atoms with E-state index in [-0.39, 0.29) is 0 Å². The van der Waals surface area contributed by atoms with Crippen molar-refractivity contribution in [1.82, 2.24) is 14.7 Å². The SMILES string of the molecule is CC(C)N1CCC(N2C[C@@H]3CN(C)[C@@H](c4ccccc4)[C@@H]3C2)CC1. The summed E-state index contributed by atoms with van der Waals surface area (Å²) >= 11 is 0. The van der Waals surface area contributed by atoms with Gasteiger partial charge in [0.2, 0.25) is 0 Å². The van der Waals surface area contributed by atoms with Crippen LogP contribution in [0.3, 0.4) is 0 Å². The third kappa shape index (κ3) is 3.02. The van der Waals surface area contributed by atoms with Crippen LogP contribution in [0.1, 0.15) is 38.3 Å². The maximum Gasteiger partial charge on any atom is 0.0389 e. The summed E-state index contributed by atoms with van der Waals surface area (Å²) in [6.45, 7) is 11.1. The van der Waals surface area contributed by atoms with Gasteiger partial charge in [0.1, 0.15) is 0 Å². The van der Waals surface area contributed by atoms with E-state index in [1.54, 1.807) is 0 Å². The molecular formula is C21H33N3. The van der Waals surface area contributed by atoms with Crippen LogP contribution in [0.5, 0.6) is 0 Å². The highest BCUT2D eigenvalue weighted by Gasteiger charge is 2.47. The van der Waals surface area contributed by atoms with E-state index in [1.807, 2.05) is 0 Å². The fraction of sp³-hybridized carbons (Fsp3) is 0.714. The molecule has 0 aromatic heterocycles. The van der Waals surface area contributed by atoms with Gasteiger partial charge in [-0.15, -0.1) is 0 Å². The summed E-state index contributed by atoms with van der Waals surface area (Å²) in [5, 5.41) is 0. The number of benzene rings is 1. The Kier molecular flexibility index (Phi) is 4.68. The van der Waals surface area contributed by atoms with Crippen LogP contribution in [-0.2, 0) is 0 Å². The molecular weight excluding hydrogens is 294 g/mol. The average molecular weight is 328 g/mol. The first-order valence-electron chi connectivity index (χ1n) is 9.86. The van der Waals surface area contributed by atoms with E-state index in [0.717, 1.165) is 17.9 Å². The molecule has 1 aromatic carbocycles. The van der Waals surface area contributed by atoms with Gasteiger partial charge in [0.15, 0.2) is 0 Å². The second-order valence-corrected chi connectivity index (χ2v) is 8.53. The van der Waals surface area contributed by atoms with Crippen molar-refractivity contribution in [1.29, 1.82) is 0 Å². The average Bonchev–Trinajstić information content (AvgIpc) is 3.12. The molecule has 3 heterocycles. The molecule has 3 fully saturated rings. The van der Waals surface area contributed by atoms with Gasteiger partial charge >= 0.3 is 0 Å². The van der Waals surface area contributed by atoms with Crippen LogP contribution >= 0.6 is 0 Å². The zero-order valence-electron chi connectivity index (χ0n) is 15.6. The largest absolute Gasteiger partial charge is 0.301 e. The van der Waals surface area contributed by atoms with Gasteiger partial charge in [0.05, 0.1) is 0 Å². The number of piperidine rings is 1. The molecule has 0 spiro atoms. The molecule has 132 valence electrons. The monoisotopic (exact) mass is 327 g/mol. The molecule has 0 N–H and O–H groups in total. The standard InChI is InChI=1S/C21H33N3/c1-16(2)23-11-9-19(10-12-23)24-14-18-13-22(3)21(20(18)15-24)17-7-5-4-6-8-17/h4-8,16,18-21H,9-15H2,1-3H3/t18-,20+,21-/m0/s1. The Labute approximate surface area is 147 Å². The maximum absolute atomic E-state index is 2.84. The molecule has 4 rings (SSSR count). The van der Waals surface area contributed by atoms with E-state index in [2.05, 4.69) is 65.9 Å². The number of nitrogens with zero attached hydrogens (tertiary/aromatic N) is 3. The molecule has 3 nitrogen and oxygen atoms in total. The summed E-state index contributed by atoms with van der Waals surface area (Å²) in [5.74, 6) is 1.68. The zero-order valence-corrected chi connectivity index (χ0v) is 15.6. The first-order chi connectivity index (χ1) is 11.6. The number of likely N-dealkylation sites (tertiary alicyclic amines) is 3. The van der Waals surface area contributed by atoms with E-state index in [9.17, 15) is 0 Å². The van der Waals surface area contributed by atoms with Crippen LogP contribution in [0.25, 0.3) is 0 Å². The molecule has 3 saturated heterocycles. The molecule has 24 heavy (non-hydrogen) atoms. The van der Waals surface area contributed by atoms with E-state index in [1.165, 1.54) is 51.1 Å². The Morgan fingerprint density at radius 3 is 2.33 bits per heavy atom. The molecule has 0 aliphatic carbocycles. The summed E-state index contributed by atoms with van der Waals surface area (Å²) in [6, 6.07) is 13.3. The van der Waals surface area contributed by atoms with Gasteiger partial charge in [0.25, 0.3) is 0 Å². The van der Waals surface area contributed by atoms with Crippen molar-refractivity contribution in [3.63, 3.8) is 0 Å².